The molecule has 14 heteroatoms. The lowest BCUT2D eigenvalue weighted by Gasteiger charge is -2.51. The summed E-state index contributed by atoms with van der Waals surface area (Å²) in [6.45, 7) is 16.3. The van der Waals surface area contributed by atoms with Gasteiger partial charge < -0.3 is 62.7 Å². The molecular weight excluding hydrogens is 801 g/mol. The van der Waals surface area contributed by atoms with Crippen molar-refractivity contribution in [1.29, 1.82) is 0 Å². The summed E-state index contributed by atoms with van der Waals surface area (Å²) in [4.78, 5) is 14.4. The zero-order chi connectivity index (χ0) is 44.7. The van der Waals surface area contributed by atoms with Crippen LogP contribution in [0, 0.1) is 23.7 Å². The van der Waals surface area contributed by atoms with E-state index in [0.29, 0.717) is 61.5 Å². The van der Waals surface area contributed by atoms with Crippen LogP contribution in [0.3, 0.4) is 0 Å². The highest BCUT2D eigenvalue weighted by molar-refractivity contribution is 5.78. The van der Waals surface area contributed by atoms with Gasteiger partial charge in [-0.3, -0.25) is 4.79 Å². The number of esters is 1. The molecule has 5 fully saturated rings. The molecule has 0 unspecified atom stereocenters. The maximum Gasteiger partial charge on any atom is 0.316 e. The Kier molecular flexibility index (Phi) is 15.3. The topological polar surface area (TPSA) is 170 Å². The molecule has 0 amide bonds. The number of hydrogen-bond donors (Lipinski definition) is 3. The number of aliphatic hydroxyl groups excluding tert-OH is 2. The molecule has 7 rings (SSSR count). The van der Waals surface area contributed by atoms with Crippen LogP contribution in [0.4, 0.5) is 0 Å². The Morgan fingerprint density at radius 2 is 1.63 bits per heavy atom. The van der Waals surface area contributed by atoms with Crippen molar-refractivity contribution in [3.63, 3.8) is 0 Å². The van der Waals surface area contributed by atoms with Crippen LogP contribution in [-0.4, -0.2) is 139 Å². The average Bonchev–Trinajstić information content (AvgIpc) is 3.58. The van der Waals surface area contributed by atoms with E-state index in [0.717, 1.165) is 18.4 Å². The van der Waals surface area contributed by atoms with Gasteiger partial charge in [0.1, 0.15) is 42.0 Å². The van der Waals surface area contributed by atoms with E-state index in [1.165, 1.54) is 0 Å². The summed E-state index contributed by atoms with van der Waals surface area (Å²) in [5, 5.41) is 34.2. The molecule has 20 atom stereocenters. The van der Waals surface area contributed by atoms with Gasteiger partial charge in [-0.15, -0.1) is 0 Å². The van der Waals surface area contributed by atoms with Gasteiger partial charge in [-0.05, 0) is 69.1 Å². The molecule has 0 saturated carbocycles. The molecule has 0 aromatic heterocycles. The van der Waals surface area contributed by atoms with Crippen molar-refractivity contribution >= 4 is 5.97 Å². The summed E-state index contributed by atoms with van der Waals surface area (Å²) < 4.78 is 63.9. The Morgan fingerprint density at radius 3 is 2.35 bits per heavy atom. The lowest BCUT2D eigenvalue weighted by Crippen LogP contribution is -2.58. The molecule has 1 spiro atoms. The molecule has 1 aliphatic carbocycles. The number of aliphatic hydroxyl groups is 3. The van der Waals surface area contributed by atoms with Gasteiger partial charge in [0.25, 0.3) is 0 Å². The predicted molar refractivity (Wildman–Crippen MR) is 227 cm³/mol. The molecule has 3 N–H and O–H groups in total. The minimum absolute atomic E-state index is 0.00708. The number of carbonyl (C=O) groups excluding carboxylic acids is 1. The van der Waals surface area contributed by atoms with Gasteiger partial charge in [0, 0.05) is 52.2 Å². The first-order valence-corrected chi connectivity index (χ1v) is 23.2. The number of carbonyl (C=O) groups is 1. The van der Waals surface area contributed by atoms with E-state index < -0.39 is 90.8 Å². The number of methoxy groups -OCH3 is 2. The first kappa shape index (κ1) is 47.9. The summed E-state index contributed by atoms with van der Waals surface area (Å²) in [7, 11) is 3.23. The largest absolute Gasteiger partial charge is 0.462 e. The van der Waals surface area contributed by atoms with Crippen LogP contribution in [0.1, 0.15) is 107 Å². The highest BCUT2D eigenvalue weighted by atomic mass is 16.7. The van der Waals surface area contributed by atoms with Gasteiger partial charge in [0.05, 0.1) is 49.3 Å². The zero-order valence-corrected chi connectivity index (χ0v) is 38.5. The fourth-order valence-electron chi connectivity index (χ4n) is 11.0. The standard InChI is InChI=1S/C48H74O14/c1-11-25(2)43-28(5)17-18-47(62-43)23-34-20-33(61-47)16-15-27(4)42(26(3)13-12-14-32-24-55-45-40(49)29(6)19-35(46(51)58-34)48(32,45)52)59-39-22-37(54-10)44(31(8)57-39)60-38-21-36(53-9)41(50)30(7)56-38/h12-15,19,25-26,28,30-31,33-45,49-50,52H,11,16-18,20-24H2,1-10H3/b13-12-,27-15-,32-14?/t25-,26-,28-,30-,31-,33+,34-,35+,36-,37-,38-,39-,40+,41-,42-,43+,44-,45+,47+,48+/m0/s1. The van der Waals surface area contributed by atoms with Crippen LogP contribution in [0.2, 0.25) is 0 Å². The van der Waals surface area contributed by atoms with E-state index in [1.54, 1.807) is 40.2 Å². The van der Waals surface area contributed by atoms with Crippen molar-refractivity contribution in [2.75, 3.05) is 20.8 Å². The molecule has 0 aromatic carbocycles. The van der Waals surface area contributed by atoms with Crippen molar-refractivity contribution in [2.24, 2.45) is 23.7 Å². The quantitative estimate of drug-likeness (QED) is 0.204. The molecule has 6 heterocycles. The normalized spacial score (nSPS) is 48.6. The first-order valence-electron chi connectivity index (χ1n) is 23.2. The second-order valence-corrected chi connectivity index (χ2v) is 19.4. The first-order chi connectivity index (χ1) is 29.5. The summed E-state index contributed by atoms with van der Waals surface area (Å²) in [6.07, 6.45) is 6.53. The van der Waals surface area contributed by atoms with E-state index in [4.69, 9.17) is 47.4 Å². The molecule has 6 aliphatic heterocycles. The molecule has 0 aromatic rings. The summed E-state index contributed by atoms with van der Waals surface area (Å²) in [5.74, 6) is -2.10. The molecule has 350 valence electrons. The Labute approximate surface area is 368 Å². The van der Waals surface area contributed by atoms with Gasteiger partial charge in [0.2, 0.25) is 0 Å². The summed E-state index contributed by atoms with van der Waals surface area (Å²) in [6, 6.07) is 0. The SMILES string of the molecule is CC[C@H](C)[C@H]1O[C@]2(CC[C@@H]1C)C[C@@H]1C[C@@H](C/C=C(/C)[C@@H](O[C@H]3C[C@H](OC)[C@@H](O[C@H]4C[C@H](OC)[C@@H](O)[C@H](C)O4)[C@H](C)O3)[C@@H](C)/C=C\C=C3CO[C@@H]4[C@H](O)C(C)=C[C@H](C(=O)O1)[C@]34O)O2. The van der Waals surface area contributed by atoms with E-state index in [2.05, 4.69) is 40.7 Å². The number of hydrogen-bond acceptors (Lipinski definition) is 14. The lowest BCUT2D eigenvalue weighted by atomic mass is 9.71. The summed E-state index contributed by atoms with van der Waals surface area (Å²) >= 11 is 0. The van der Waals surface area contributed by atoms with Crippen molar-refractivity contribution in [3.8, 4) is 0 Å². The zero-order valence-electron chi connectivity index (χ0n) is 38.5. The van der Waals surface area contributed by atoms with Crippen LogP contribution in [0.5, 0.6) is 0 Å². The Morgan fingerprint density at radius 1 is 0.919 bits per heavy atom. The van der Waals surface area contributed by atoms with Crippen molar-refractivity contribution in [1.82, 2.24) is 0 Å². The van der Waals surface area contributed by atoms with Crippen LogP contribution >= 0.6 is 0 Å². The molecular formula is C48H74O14. The van der Waals surface area contributed by atoms with Crippen molar-refractivity contribution in [3.05, 3.63) is 47.1 Å². The third-order valence-electron chi connectivity index (χ3n) is 14.9. The Balaban J connectivity index is 1.18. The Hall–Kier alpha value is -2.05. The number of ether oxygens (including phenoxy) is 10. The van der Waals surface area contributed by atoms with Crippen LogP contribution in [-0.2, 0) is 52.2 Å². The van der Waals surface area contributed by atoms with Crippen molar-refractivity contribution < 1.29 is 67.5 Å². The molecule has 2 bridgehead atoms. The van der Waals surface area contributed by atoms with E-state index in [1.807, 2.05) is 19.1 Å². The Bertz CT molecular complexity index is 1680. The second kappa shape index (κ2) is 19.8. The lowest BCUT2D eigenvalue weighted by molar-refractivity contribution is -0.340. The number of rotatable bonds is 8. The maximum atomic E-state index is 14.4. The molecule has 5 saturated heterocycles. The van der Waals surface area contributed by atoms with Crippen LogP contribution in [0.25, 0.3) is 0 Å². The molecule has 62 heavy (non-hydrogen) atoms. The molecule has 7 aliphatic rings. The predicted octanol–water partition coefficient (Wildman–Crippen LogP) is 5.60. The minimum Gasteiger partial charge on any atom is -0.462 e. The van der Waals surface area contributed by atoms with Crippen LogP contribution < -0.4 is 0 Å². The van der Waals surface area contributed by atoms with E-state index in [9.17, 15) is 20.1 Å². The van der Waals surface area contributed by atoms with Crippen molar-refractivity contribution in [2.45, 2.75) is 204 Å². The molecule has 0 radical (unpaired) electrons. The van der Waals surface area contributed by atoms with Gasteiger partial charge in [-0.25, -0.2) is 0 Å². The fraction of sp³-hybridized carbons (Fsp3) is 0.812. The number of fused-ring (bicyclic) bond motifs is 2. The highest BCUT2D eigenvalue weighted by Gasteiger charge is 2.60. The third-order valence-corrected chi connectivity index (χ3v) is 14.9. The van der Waals surface area contributed by atoms with Gasteiger partial charge in [0.15, 0.2) is 18.4 Å². The minimum atomic E-state index is -1.82. The van der Waals surface area contributed by atoms with E-state index in [-0.39, 0.29) is 30.8 Å². The third kappa shape index (κ3) is 9.73. The molecule has 14 nitrogen and oxygen atoms in total. The number of allylic oxidation sites excluding steroid dienone is 2. The van der Waals surface area contributed by atoms with Gasteiger partial charge in [-0.1, -0.05) is 64.5 Å². The average molecular weight is 875 g/mol. The summed E-state index contributed by atoms with van der Waals surface area (Å²) in [5.41, 5.74) is 0.188. The van der Waals surface area contributed by atoms with Crippen LogP contribution in [0.15, 0.2) is 47.1 Å². The van der Waals surface area contributed by atoms with Gasteiger partial charge >= 0.3 is 5.97 Å². The monoisotopic (exact) mass is 875 g/mol. The fourth-order valence-corrected chi connectivity index (χ4v) is 11.0. The second-order valence-electron chi connectivity index (χ2n) is 19.4. The highest BCUT2D eigenvalue weighted by Crippen LogP contribution is 2.48. The van der Waals surface area contributed by atoms with Gasteiger partial charge in [-0.2, -0.15) is 0 Å². The maximum absolute atomic E-state index is 14.4. The van der Waals surface area contributed by atoms with E-state index >= 15 is 0 Å². The smallest absolute Gasteiger partial charge is 0.316 e.